The maximum atomic E-state index is 13.3. The van der Waals surface area contributed by atoms with Crippen molar-refractivity contribution in [1.82, 2.24) is 0 Å². The lowest BCUT2D eigenvalue weighted by Gasteiger charge is -2.15. The Morgan fingerprint density at radius 3 is 2.20 bits per heavy atom. The Balaban J connectivity index is 2.12. The average Bonchev–Trinajstić information content (AvgIpc) is 2.72. The van der Waals surface area contributed by atoms with Gasteiger partial charge < -0.3 is 14.8 Å². The number of ether oxygens (including phenoxy) is 2. The summed E-state index contributed by atoms with van der Waals surface area (Å²) in [6.45, 7) is 0. The Labute approximate surface area is 177 Å². The number of methoxy groups -OCH3 is 2. The first-order chi connectivity index (χ1) is 14.2. The number of nitrogens with one attached hydrogen (secondary N) is 1. The van der Waals surface area contributed by atoms with Crippen molar-refractivity contribution < 1.29 is 32.2 Å². The number of ketones is 1. The number of benzene rings is 3. The lowest BCUT2D eigenvalue weighted by atomic mass is 9.97. The fourth-order valence-corrected chi connectivity index (χ4v) is 3.42. The van der Waals surface area contributed by atoms with E-state index < -0.39 is 17.9 Å². The third kappa shape index (κ3) is 4.11. The normalized spacial score (nSPS) is 11.3. The standard InChI is InChI=1S/C21H15BrF3NO4/c1-29-17-10-15(19(30-2)13-6-4-3-5-12(13)17)18(27)14-9-11(7-8-16(14)22)26-20(28)21(23,24)25/h3-10H,1-2H3,(H,26,28). The van der Waals surface area contributed by atoms with Crippen molar-refractivity contribution in [3.8, 4) is 11.5 Å². The first-order valence-corrected chi connectivity index (χ1v) is 9.32. The number of hydrogen-bond acceptors (Lipinski definition) is 4. The number of fused-ring (bicyclic) bond motifs is 1. The van der Waals surface area contributed by atoms with E-state index in [9.17, 15) is 22.8 Å². The van der Waals surface area contributed by atoms with Crippen LogP contribution in [0.25, 0.3) is 10.8 Å². The molecule has 3 aromatic rings. The highest BCUT2D eigenvalue weighted by atomic mass is 79.9. The third-order valence-corrected chi connectivity index (χ3v) is 5.04. The van der Waals surface area contributed by atoms with Crippen LogP contribution < -0.4 is 14.8 Å². The molecule has 9 heteroatoms. The lowest BCUT2D eigenvalue weighted by molar-refractivity contribution is -0.167. The second kappa shape index (κ2) is 8.35. The van der Waals surface area contributed by atoms with Gasteiger partial charge in [-0.05, 0) is 24.3 Å². The molecule has 3 aromatic carbocycles. The van der Waals surface area contributed by atoms with Crippen LogP contribution in [-0.2, 0) is 4.79 Å². The van der Waals surface area contributed by atoms with Crippen LogP contribution in [0.4, 0.5) is 18.9 Å². The van der Waals surface area contributed by atoms with Gasteiger partial charge in [-0.25, -0.2) is 0 Å². The van der Waals surface area contributed by atoms with Crippen LogP contribution in [0, 0.1) is 0 Å². The molecule has 0 saturated heterocycles. The number of carbonyl (C=O) groups excluding carboxylic acids is 2. The molecule has 0 radical (unpaired) electrons. The van der Waals surface area contributed by atoms with Crippen molar-refractivity contribution in [3.63, 3.8) is 0 Å². The van der Waals surface area contributed by atoms with E-state index in [0.717, 1.165) is 11.5 Å². The van der Waals surface area contributed by atoms with Crippen LogP contribution in [0.1, 0.15) is 15.9 Å². The number of amides is 1. The minimum atomic E-state index is -5.05. The highest BCUT2D eigenvalue weighted by Crippen LogP contribution is 2.38. The van der Waals surface area contributed by atoms with Crippen LogP contribution >= 0.6 is 15.9 Å². The van der Waals surface area contributed by atoms with Gasteiger partial charge in [-0.2, -0.15) is 13.2 Å². The van der Waals surface area contributed by atoms with Gasteiger partial charge in [0.1, 0.15) is 11.5 Å². The van der Waals surface area contributed by atoms with Gasteiger partial charge in [0.25, 0.3) is 0 Å². The average molecular weight is 482 g/mol. The number of carbonyl (C=O) groups is 2. The Morgan fingerprint density at radius 2 is 1.60 bits per heavy atom. The number of alkyl halides is 3. The minimum absolute atomic E-state index is 0.0469. The zero-order chi connectivity index (χ0) is 22.1. The molecule has 0 aliphatic rings. The Hall–Kier alpha value is -3.07. The SMILES string of the molecule is COc1cc(C(=O)c2cc(NC(=O)C(F)(F)F)ccc2Br)c(OC)c2ccccc12. The monoisotopic (exact) mass is 481 g/mol. The molecule has 5 nitrogen and oxygen atoms in total. The molecule has 156 valence electrons. The summed E-state index contributed by atoms with van der Waals surface area (Å²) in [5.74, 6) is -1.92. The van der Waals surface area contributed by atoms with Crippen molar-refractivity contribution in [2.24, 2.45) is 0 Å². The summed E-state index contributed by atoms with van der Waals surface area (Å²) in [5, 5.41) is 3.12. The quantitative estimate of drug-likeness (QED) is 0.498. The number of halogens is 4. The topological polar surface area (TPSA) is 64.6 Å². The van der Waals surface area contributed by atoms with Gasteiger partial charge in [0.15, 0.2) is 5.78 Å². The second-order valence-electron chi connectivity index (χ2n) is 6.18. The van der Waals surface area contributed by atoms with Crippen molar-refractivity contribution >= 4 is 44.1 Å². The molecule has 0 heterocycles. The van der Waals surface area contributed by atoms with E-state index in [-0.39, 0.29) is 16.8 Å². The molecule has 0 unspecified atom stereocenters. The predicted molar refractivity (Wildman–Crippen MR) is 109 cm³/mol. The second-order valence-corrected chi connectivity index (χ2v) is 7.04. The van der Waals surface area contributed by atoms with Gasteiger partial charge in [-0.1, -0.05) is 40.2 Å². The van der Waals surface area contributed by atoms with Crippen LogP contribution in [0.5, 0.6) is 11.5 Å². The van der Waals surface area contributed by atoms with Gasteiger partial charge >= 0.3 is 12.1 Å². The summed E-state index contributed by atoms with van der Waals surface area (Å²) >= 11 is 3.24. The van der Waals surface area contributed by atoms with Crippen LogP contribution in [0.3, 0.4) is 0 Å². The summed E-state index contributed by atoms with van der Waals surface area (Å²) in [4.78, 5) is 24.5. The summed E-state index contributed by atoms with van der Waals surface area (Å²) in [5.41, 5.74) is 0.0363. The molecular weight excluding hydrogens is 467 g/mol. The molecule has 30 heavy (non-hydrogen) atoms. The van der Waals surface area contributed by atoms with Gasteiger partial charge in [-0.15, -0.1) is 0 Å². The van der Waals surface area contributed by atoms with Gasteiger partial charge in [0, 0.05) is 26.5 Å². The number of rotatable bonds is 5. The molecule has 0 spiro atoms. The Kier molecular flexibility index (Phi) is 6.02. The molecule has 0 aliphatic heterocycles. The third-order valence-electron chi connectivity index (χ3n) is 4.35. The molecule has 0 aromatic heterocycles. The van der Waals surface area contributed by atoms with Gasteiger partial charge in [0.05, 0.1) is 19.8 Å². The van der Waals surface area contributed by atoms with Crippen LogP contribution in [0.2, 0.25) is 0 Å². The summed E-state index contributed by atoms with van der Waals surface area (Å²) < 4.78 is 48.9. The lowest BCUT2D eigenvalue weighted by Crippen LogP contribution is -2.30. The predicted octanol–water partition coefficient (Wildman–Crippen LogP) is 5.35. The summed E-state index contributed by atoms with van der Waals surface area (Å²) in [6.07, 6.45) is -5.05. The maximum absolute atomic E-state index is 13.3. The molecular formula is C21H15BrF3NO4. The van der Waals surface area contributed by atoms with E-state index in [0.29, 0.717) is 21.4 Å². The fraction of sp³-hybridized carbons (Fsp3) is 0.143. The molecule has 0 bridgehead atoms. The molecule has 0 atom stereocenters. The van der Waals surface area contributed by atoms with E-state index in [4.69, 9.17) is 9.47 Å². The number of anilines is 1. The van der Waals surface area contributed by atoms with Crippen molar-refractivity contribution in [2.75, 3.05) is 19.5 Å². The first kappa shape index (κ1) is 21.6. The van der Waals surface area contributed by atoms with Crippen LogP contribution in [0.15, 0.2) is 53.0 Å². The molecule has 0 fully saturated rings. The summed E-state index contributed by atoms with van der Waals surface area (Å²) in [6, 6.07) is 12.5. The smallest absolute Gasteiger partial charge is 0.471 e. The highest BCUT2D eigenvalue weighted by Gasteiger charge is 2.38. The van der Waals surface area contributed by atoms with E-state index in [2.05, 4.69) is 15.9 Å². The van der Waals surface area contributed by atoms with Crippen molar-refractivity contribution in [1.29, 1.82) is 0 Å². The number of hydrogen-bond donors (Lipinski definition) is 1. The Morgan fingerprint density at radius 1 is 0.933 bits per heavy atom. The zero-order valence-corrected chi connectivity index (χ0v) is 17.3. The molecule has 0 saturated carbocycles. The van der Waals surface area contributed by atoms with Gasteiger partial charge in [0.2, 0.25) is 0 Å². The molecule has 1 amide bonds. The van der Waals surface area contributed by atoms with E-state index in [1.54, 1.807) is 17.4 Å². The van der Waals surface area contributed by atoms with Crippen molar-refractivity contribution in [3.05, 3.63) is 64.1 Å². The summed E-state index contributed by atoms with van der Waals surface area (Å²) in [7, 11) is 2.88. The first-order valence-electron chi connectivity index (χ1n) is 8.53. The molecule has 1 N–H and O–H groups in total. The zero-order valence-electron chi connectivity index (χ0n) is 15.8. The molecule has 0 aliphatic carbocycles. The molecule has 3 rings (SSSR count). The van der Waals surface area contributed by atoms with Crippen molar-refractivity contribution in [2.45, 2.75) is 6.18 Å². The van der Waals surface area contributed by atoms with Crippen LogP contribution in [-0.4, -0.2) is 32.1 Å². The Bertz CT molecular complexity index is 1150. The largest absolute Gasteiger partial charge is 0.496 e. The van der Waals surface area contributed by atoms with E-state index in [1.807, 2.05) is 12.1 Å². The minimum Gasteiger partial charge on any atom is -0.496 e. The maximum Gasteiger partial charge on any atom is 0.471 e. The van der Waals surface area contributed by atoms with Gasteiger partial charge in [-0.3, -0.25) is 9.59 Å². The van der Waals surface area contributed by atoms with E-state index in [1.165, 1.54) is 32.4 Å². The highest BCUT2D eigenvalue weighted by molar-refractivity contribution is 9.10. The fourth-order valence-electron chi connectivity index (χ4n) is 3.00. The van der Waals surface area contributed by atoms with E-state index >= 15 is 0 Å².